The Morgan fingerprint density at radius 2 is 2.07 bits per heavy atom. The minimum atomic E-state index is -0.283. The van der Waals surface area contributed by atoms with Crippen LogP contribution in [0.5, 0.6) is 5.75 Å². The van der Waals surface area contributed by atoms with Crippen molar-refractivity contribution in [3.05, 3.63) is 40.7 Å². The number of carbonyl (C=O) groups is 1. The molecule has 0 saturated heterocycles. The molecule has 0 unspecified atom stereocenters. The third-order valence-electron chi connectivity index (χ3n) is 3.93. The second kappa shape index (κ2) is 10.1. The van der Waals surface area contributed by atoms with E-state index in [-0.39, 0.29) is 17.2 Å². The van der Waals surface area contributed by atoms with Crippen LogP contribution in [-0.2, 0) is 9.53 Å². The fourth-order valence-electron chi connectivity index (χ4n) is 2.60. The lowest BCUT2D eigenvalue weighted by molar-refractivity contribution is -0.118. The molecule has 154 valence electrons. The van der Waals surface area contributed by atoms with Crippen molar-refractivity contribution in [3.8, 4) is 17.1 Å². The maximum atomic E-state index is 12.1. The zero-order chi connectivity index (χ0) is 20.6. The highest BCUT2D eigenvalue weighted by Crippen LogP contribution is 2.23. The summed E-state index contributed by atoms with van der Waals surface area (Å²) < 4.78 is 11.9. The van der Waals surface area contributed by atoms with Gasteiger partial charge >= 0.3 is 0 Å². The number of hydrogen-bond acceptors (Lipinski definition) is 7. The van der Waals surface area contributed by atoms with E-state index in [1.807, 2.05) is 31.2 Å². The number of aromatic amines is 1. The molecule has 0 spiro atoms. The van der Waals surface area contributed by atoms with Crippen molar-refractivity contribution in [2.45, 2.75) is 18.5 Å². The Morgan fingerprint density at radius 1 is 1.28 bits per heavy atom. The van der Waals surface area contributed by atoms with Crippen LogP contribution in [0.2, 0.25) is 0 Å². The number of methoxy groups -OCH3 is 1. The van der Waals surface area contributed by atoms with Gasteiger partial charge in [-0.3, -0.25) is 14.7 Å². The lowest BCUT2D eigenvalue weighted by Gasteiger charge is -2.09. The largest absolute Gasteiger partial charge is 0.494 e. The van der Waals surface area contributed by atoms with E-state index in [2.05, 4.69) is 20.4 Å². The summed E-state index contributed by atoms with van der Waals surface area (Å²) in [6.45, 7) is 3.65. The molecule has 0 fully saturated rings. The normalized spacial score (nSPS) is 11.0. The smallest absolute Gasteiger partial charge is 0.266 e. The lowest BCUT2D eigenvalue weighted by atomic mass is 10.2. The second-order valence-corrected chi connectivity index (χ2v) is 7.03. The zero-order valence-electron chi connectivity index (χ0n) is 16.3. The first-order chi connectivity index (χ1) is 14.1. The number of amides is 1. The maximum Gasteiger partial charge on any atom is 0.266 e. The highest BCUT2D eigenvalue weighted by atomic mass is 32.2. The van der Waals surface area contributed by atoms with E-state index in [1.54, 1.807) is 7.11 Å². The third-order valence-corrected chi connectivity index (χ3v) is 4.87. The van der Waals surface area contributed by atoms with Gasteiger partial charge in [0.2, 0.25) is 5.91 Å². The molecule has 3 rings (SSSR count). The molecule has 9 nitrogen and oxygen atoms in total. The molecule has 1 amide bonds. The van der Waals surface area contributed by atoms with Crippen molar-refractivity contribution in [2.24, 2.45) is 0 Å². The predicted octanol–water partition coefficient (Wildman–Crippen LogP) is 1.73. The van der Waals surface area contributed by atoms with Crippen LogP contribution >= 0.6 is 11.8 Å². The molecule has 2 heterocycles. The summed E-state index contributed by atoms with van der Waals surface area (Å²) in [7, 11) is 1.62. The first-order valence-corrected chi connectivity index (χ1v) is 10.2. The van der Waals surface area contributed by atoms with Crippen LogP contribution in [0.3, 0.4) is 0 Å². The van der Waals surface area contributed by atoms with E-state index in [1.165, 1.54) is 22.3 Å². The Labute approximate surface area is 171 Å². The van der Waals surface area contributed by atoms with Crippen molar-refractivity contribution >= 4 is 23.3 Å². The molecule has 1 aromatic carbocycles. The molecule has 2 N–H and O–H groups in total. The number of rotatable bonds is 10. The zero-order valence-corrected chi connectivity index (χ0v) is 17.1. The van der Waals surface area contributed by atoms with Crippen molar-refractivity contribution in [1.82, 2.24) is 24.9 Å². The van der Waals surface area contributed by atoms with Crippen LogP contribution in [0.1, 0.15) is 13.3 Å². The van der Waals surface area contributed by atoms with Crippen molar-refractivity contribution < 1.29 is 14.3 Å². The molecule has 0 saturated carbocycles. The number of carbonyl (C=O) groups excluding carboxylic acids is 1. The maximum absolute atomic E-state index is 12.1. The molecule has 29 heavy (non-hydrogen) atoms. The van der Waals surface area contributed by atoms with Gasteiger partial charge in [0, 0.05) is 31.9 Å². The van der Waals surface area contributed by atoms with Crippen LogP contribution in [0.25, 0.3) is 17.0 Å². The Bertz CT molecular complexity index is 1020. The molecule has 2 aromatic heterocycles. The first-order valence-electron chi connectivity index (χ1n) is 9.22. The van der Waals surface area contributed by atoms with Gasteiger partial charge in [0.05, 0.1) is 12.4 Å². The van der Waals surface area contributed by atoms with E-state index >= 15 is 0 Å². The van der Waals surface area contributed by atoms with E-state index < -0.39 is 0 Å². The van der Waals surface area contributed by atoms with Crippen molar-refractivity contribution in [1.29, 1.82) is 0 Å². The molecule has 3 aromatic rings. The quantitative estimate of drug-likeness (QED) is 0.382. The van der Waals surface area contributed by atoms with E-state index in [4.69, 9.17) is 9.47 Å². The predicted molar refractivity (Wildman–Crippen MR) is 110 cm³/mol. The monoisotopic (exact) mass is 417 g/mol. The Morgan fingerprint density at radius 3 is 2.79 bits per heavy atom. The number of hydrogen-bond donors (Lipinski definition) is 2. The van der Waals surface area contributed by atoms with Gasteiger partial charge in [-0.25, -0.2) is 14.5 Å². The molecule has 0 bridgehead atoms. The van der Waals surface area contributed by atoms with Gasteiger partial charge in [0.1, 0.15) is 5.75 Å². The number of fused-ring (bicyclic) bond motifs is 1. The number of H-pyrrole nitrogens is 1. The first kappa shape index (κ1) is 20.9. The number of nitrogens with one attached hydrogen (secondary N) is 2. The molecular weight excluding hydrogens is 394 g/mol. The molecule has 0 aliphatic heterocycles. The van der Waals surface area contributed by atoms with Gasteiger partial charge in [0.15, 0.2) is 16.6 Å². The second-order valence-electron chi connectivity index (χ2n) is 6.09. The number of benzene rings is 1. The topological polar surface area (TPSA) is 111 Å². The SMILES string of the molecule is CCOc1ccc(-c2nc(SCC(=O)NCCCOC)n3[nH]c(=O)cc3n2)cc1. The van der Waals surface area contributed by atoms with Gasteiger partial charge in [-0.2, -0.15) is 0 Å². The summed E-state index contributed by atoms with van der Waals surface area (Å²) >= 11 is 1.23. The number of nitrogens with zero attached hydrogens (tertiary/aromatic N) is 3. The van der Waals surface area contributed by atoms with E-state index in [9.17, 15) is 9.59 Å². The molecular formula is C19H23N5O4S. The third kappa shape index (κ3) is 5.58. The summed E-state index contributed by atoms with van der Waals surface area (Å²) in [5.74, 6) is 1.28. The van der Waals surface area contributed by atoms with Gasteiger partial charge in [-0.05, 0) is 37.6 Å². The van der Waals surface area contributed by atoms with Crippen molar-refractivity contribution in [2.75, 3.05) is 32.6 Å². The Kier molecular flexibility index (Phi) is 7.25. The minimum Gasteiger partial charge on any atom is -0.494 e. The highest BCUT2D eigenvalue weighted by molar-refractivity contribution is 7.99. The standard InChI is InChI=1S/C19H23N5O4S/c1-3-28-14-7-5-13(6-8-14)18-21-15-11-16(25)23-24(15)19(22-18)29-12-17(26)20-9-4-10-27-2/h5-8,11H,3-4,9-10,12H2,1-2H3,(H,20,26)(H,23,25). The molecule has 10 heteroatoms. The summed E-state index contributed by atoms with van der Waals surface area (Å²) in [5, 5.41) is 5.97. The number of ether oxygens (including phenoxy) is 2. The van der Waals surface area contributed by atoms with Gasteiger partial charge in [-0.1, -0.05) is 11.8 Å². The van der Waals surface area contributed by atoms with Crippen LogP contribution in [-0.4, -0.2) is 58.1 Å². The van der Waals surface area contributed by atoms with Crippen LogP contribution in [0.15, 0.2) is 40.3 Å². The van der Waals surface area contributed by atoms with E-state index in [0.29, 0.717) is 36.4 Å². The summed E-state index contributed by atoms with van der Waals surface area (Å²) in [5.41, 5.74) is 0.946. The van der Waals surface area contributed by atoms with Crippen LogP contribution in [0.4, 0.5) is 0 Å². The van der Waals surface area contributed by atoms with Gasteiger partial charge in [-0.15, -0.1) is 0 Å². The summed E-state index contributed by atoms with van der Waals surface area (Å²) in [6, 6.07) is 8.80. The number of aromatic nitrogens is 4. The molecule has 0 aliphatic rings. The highest BCUT2D eigenvalue weighted by Gasteiger charge is 2.13. The summed E-state index contributed by atoms with van der Waals surface area (Å²) in [6.07, 6.45) is 0.747. The Hall–Kier alpha value is -2.85. The fraction of sp³-hybridized carbons (Fsp3) is 0.368. The lowest BCUT2D eigenvalue weighted by Crippen LogP contribution is -2.27. The van der Waals surface area contributed by atoms with Crippen LogP contribution < -0.4 is 15.6 Å². The molecule has 0 radical (unpaired) electrons. The van der Waals surface area contributed by atoms with Gasteiger partial charge in [0.25, 0.3) is 5.56 Å². The minimum absolute atomic E-state index is 0.116. The number of thioether (sulfide) groups is 1. The van der Waals surface area contributed by atoms with Crippen LogP contribution in [0, 0.1) is 0 Å². The van der Waals surface area contributed by atoms with Gasteiger partial charge < -0.3 is 14.8 Å². The van der Waals surface area contributed by atoms with Crippen molar-refractivity contribution in [3.63, 3.8) is 0 Å². The molecule has 0 aliphatic carbocycles. The van der Waals surface area contributed by atoms with E-state index in [0.717, 1.165) is 17.7 Å². The fourth-order valence-corrected chi connectivity index (χ4v) is 3.38. The average Bonchev–Trinajstić information content (AvgIpc) is 3.10. The Balaban J connectivity index is 1.79. The average molecular weight is 417 g/mol. The summed E-state index contributed by atoms with van der Waals surface area (Å²) in [4.78, 5) is 32.8. The molecule has 0 atom stereocenters.